The number of ether oxygens (including phenoxy) is 2. The summed E-state index contributed by atoms with van der Waals surface area (Å²) in [6.45, 7) is 3.45. The van der Waals surface area contributed by atoms with Crippen molar-refractivity contribution in [2.75, 3.05) is 13.7 Å². The summed E-state index contributed by atoms with van der Waals surface area (Å²) in [5.74, 6) is 0.838. The molecule has 0 aliphatic rings. The number of nitrogens with two attached hydrogens (primary N) is 1. The van der Waals surface area contributed by atoms with E-state index in [-0.39, 0.29) is 5.84 Å². The van der Waals surface area contributed by atoms with Crippen LogP contribution >= 0.6 is 0 Å². The molecule has 0 atom stereocenters. The van der Waals surface area contributed by atoms with Crippen LogP contribution in [0.2, 0.25) is 0 Å². The van der Waals surface area contributed by atoms with E-state index in [9.17, 15) is 0 Å². The highest BCUT2D eigenvalue weighted by molar-refractivity contribution is 5.95. The fraction of sp³-hybridized carbons (Fsp3) is 0.533. The molecule has 0 aliphatic carbocycles. The van der Waals surface area contributed by atoms with Gasteiger partial charge in [-0.2, -0.15) is 0 Å². The molecule has 1 aromatic rings. The number of nitrogens with one attached hydrogen (secondary N) is 1. The van der Waals surface area contributed by atoms with Crippen molar-refractivity contribution in [3.05, 3.63) is 29.3 Å². The minimum Gasteiger partial charge on any atom is -0.496 e. The number of methoxy groups -OCH3 is 1. The molecule has 0 heterocycles. The van der Waals surface area contributed by atoms with Crippen molar-refractivity contribution in [1.29, 1.82) is 5.41 Å². The number of nitrogen functional groups attached to an aromatic ring is 1. The Morgan fingerprint density at radius 1 is 1.26 bits per heavy atom. The van der Waals surface area contributed by atoms with E-state index in [1.54, 1.807) is 13.2 Å². The molecule has 0 saturated heterocycles. The summed E-state index contributed by atoms with van der Waals surface area (Å²) in [4.78, 5) is 0. The van der Waals surface area contributed by atoms with Gasteiger partial charge in [0.05, 0.1) is 13.7 Å². The third-order valence-electron chi connectivity index (χ3n) is 2.99. The Kier molecular flexibility index (Phi) is 6.97. The predicted octanol–water partition coefficient (Wildman–Crippen LogP) is 3.08. The smallest absolute Gasteiger partial charge is 0.124 e. The van der Waals surface area contributed by atoms with Crippen LogP contribution < -0.4 is 10.5 Å². The first-order chi connectivity index (χ1) is 9.19. The van der Waals surface area contributed by atoms with Gasteiger partial charge in [0.25, 0.3) is 0 Å². The van der Waals surface area contributed by atoms with Crippen LogP contribution in [-0.2, 0) is 11.3 Å². The first-order valence-electron chi connectivity index (χ1n) is 6.78. The molecule has 0 spiro atoms. The summed E-state index contributed by atoms with van der Waals surface area (Å²) in [5, 5.41) is 7.44. The van der Waals surface area contributed by atoms with Crippen molar-refractivity contribution in [1.82, 2.24) is 0 Å². The zero-order valence-electron chi connectivity index (χ0n) is 11.9. The maximum Gasteiger partial charge on any atom is 0.124 e. The third-order valence-corrected chi connectivity index (χ3v) is 2.99. The number of benzene rings is 1. The van der Waals surface area contributed by atoms with E-state index in [0.717, 1.165) is 24.3 Å². The Morgan fingerprint density at radius 2 is 2.05 bits per heavy atom. The van der Waals surface area contributed by atoms with E-state index in [2.05, 4.69) is 6.92 Å². The fourth-order valence-corrected chi connectivity index (χ4v) is 1.87. The van der Waals surface area contributed by atoms with Crippen molar-refractivity contribution in [2.45, 2.75) is 39.2 Å². The van der Waals surface area contributed by atoms with Gasteiger partial charge in [-0.3, -0.25) is 5.41 Å². The minimum atomic E-state index is 0.0619. The first kappa shape index (κ1) is 15.5. The zero-order chi connectivity index (χ0) is 14.1. The van der Waals surface area contributed by atoms with Gasteiger partial charge < -0.3 is 15.2 Å². The zero-order valence-corrected chi connectivity index (χ0v) is 11.9. The summed E-state index contributed by atoms with van der Waals surface area (Å²) >= 11 is 0. The molecule has 0 aromatic heterocycles. The van der Waals surface area contributed by atoms with Crippen LogP contribution in [0.4, 0.5) is 0 Å². The highest BCUT2D eigenvalue weighted by Crippen LogP contribution is 2.20. The van der Waals surface area contributed by atoms with Gasteiger partial charge in [0.15, 0.2) is 0 Å². The summed E-state index contributed by atoms with van der Waals surface area (Å²) < 4.78 is 10.9. The van der Waals surface area contributed by atoms with Gasteiger partial charge in [-0.05, 0) is 24.6 Å². The van der Waals surface area contributed by atoms with Crippen LogP contribution in [0.1, 0.15) is 43.7 Å². The highest BCUT2D eigenvalue weighted by Gasteiger charge is 2.06. The molecule has 19 heavy (non-hydrogen) atoms. The summed E-state index contributed by atoms with van der Waals surface area (Å²) in [7, 11) is 1.63. The maximum absolute atomic E-state index is 7.44. The average Bonchev–Trinajstić information content (AvgIpc) is 2.42. The van der Waals surface area contributed by atoms with E-state index in [1.807, 2.05) is 12.1 Å². The normalized spacial score (nSPS) is 10.4. The second-order valence-electron chi connectivity index (χ2n) is 4.55. The lowest BCUT2D eigenvalue weighted by Crippen LogP contribution is -2.11. The van der Waals surface area contributed by atoms with Crippen molar-refractivity contribution >= 4 is 5.84 Å². The number of amidine groups is 1. The molecular formula is C15H24N2O2. The molecule has 3 N–H and O–H groups in total. The monoisotopic (exact) mass is 264 g/mol. The van der Waals surface area contributed by atoms with Gasteiger partial charge in [-0.15, -0.1) is 0 Å². The Bertz CT molecular complexity index is 405. The molecular weight excluding hydrogens is 240 g/mol. The summed E-state index contributed by atoms with van der Waals surface area (Å²) in [6.07, 6.45) is 4.78. The predicted molar refractivity (Wildman–Crippen MR) is 77.8 cm³/mol. The van der Waals surface area contributed by atoms with Gasteiger partial charge in [0, 0.05) is 17.7 Å². The Morgan fingerprint density at radius 3 is 2.68 bits per heavy atom. The molecule has 0 fully saturated rings. The van der Waals surface area contributed by atoms with Gasteiger partial charge in [-0.1, -0.05) is 26.2 Å². The molecule has 106 valence electrons. The van der Waals surface area contributed by atoms with Crippen molar-refractivity contribution in [3.63, 3.8) is 0 Å². The first-order valence-corrected chi connectivity index (χ1v) is 6.78. The molecule has 4 nitrogen and oxygen atoms in total. The second kappa shape index (κ2) is 8.53. The molecule has 4 heteroatoms. The summed E-state index contributed by atoms with van der Waals surface area (Å²) in [6, 6.07) is 5.46. The molecule has 0 radical (unpaired) electrons. The lowest BCUT2D eigenvalue weighted by Gasteiger charge is -2.11. The van der Waals surface area contributed by atoms with Gasteiger partial charge in [-0.25, -0.2) is 0 Å². The van der Waals surface area contributed by atoms with E-state index >= 15 is 0 Å². The van der Waals surface area contributed by atoms with E-state index in [4.69, 9.17) is 20.6 Å². The molecule has 0 amide bonds. The van der Waals surface area contributed by atoms with Crippen LogP contribution in [0.3, 0.4) is 0 Å². The lowest BCUT2D eigenvalue weighted by molar-refractivity contribution is 0.115. The molecule has 0 bridgehead atoms. The highest BCUT2D eigenvalue weighted by atomic mass is 16.5. The molecule has 0 saturated carbocycles. The second-order valence-corrected chi connectivity index (χ2v) is 4.55. The quantitative estimate of drug-likeness (QED) is 0.409. The largest absolute Gasteiger partial charge is 0.496 e. The number of rotatable bonds is 9. The molecule has 1 aromatic carbocycles. The maximum atomic E-state index is 7.44. The topological polar surface area (TPSA) is 68.3 Å². The number of hydrogen-bond donors (Lipinski definition) is 2. The Balaban J connectivity index is 2.50. The minimum absolute atomic E-state index is 0.0619. The van der Waals surface area contributed by atoms with E-state index in [1.165, 1.54) is 19.3 Å². The molecule has 1 rings (SSSR count). The van der Waals surface area contributed by atoms with Crippen LogP contribution in [-0.4, -0.2) is 19.6 Å². The van der Waals surface area contributed by atoms with Gasteiger partial charge >= 0.3 is 0 Å². The molecule has 0 aliphatic heterocycles. The number of unbranched alkanes of at least 4 members (excludes halogenated alkanes) is 3. The average molecular weight is 264 g/mol. The van der Waals surface area contributed by atoms with Gasteiger partial charge in [0.2, 0.25) is 0 Å². The van der Waals surface area contributed by atoms with Crippen molar-refractivity contribution in [2.24, 2.45) is 5.73 Å². The Hall–Kier alpha value is -1.55. The van der Waals surface area contributed by atoms with Gasteiger partial charge in [0.1, 0.15) is 11.6 Å². The van der Waals surface area contributed by atoms with Crippen LogP contribution in [0.5, 0.6) is 5.75 Å². The van der Waals surface area contributed by atoms with Crippen LogP contribution in [0.25, 0.3) is 0 Å². The molecule has 0 unspecified atom stereocenters. The van der Waals surface area contributed by atoms with Crippen LogP contribution in [0, 0.1) is 5.41 Å². The van der Waals surface area contributed by atoms with Crippen molar-refractivity contribution < 1.29 is 9.47 Å². The van der Waals surface area contributed by atoms with E-state index in [0.29, 0.717) is 12.2 Å². The lowest BCUT2D eigenvalue weighted by atomic mass is 10.1. The third kappa shape index (κ3) is 5.30. The van der Waals surface area contributed by atoms with E-state index < -0.39 is 0 Å². The van der Waals surface area contributed by atoms with Crippen LogP contribution in [0.15, 0.2) is 18.2 Å². The van der Waals surface area contributed by atoms with Crippen molar-refractivity contribution in [3.8, 4) is 5.75 Å². The fourth-order valence-electron chi connectivity index (χ4n) is 1.87. The SMILES string of the molecule is CCCCCCOCc1cc(C(=N)N)ccc1OC. The number of hydrogen-bond acceptors (Lipinski definition) is 3. The summed E-state index contributed by atoms with van der Waals surface area (Å²) in [5.41, 5.74) is 7.12. The Labute approximate surface area is 115 Å². The standard InChI is InChI=1S/C15H24N2O2/c1-3-4-5-6-9-19-11-13-10-12(15(16)17)7-8-14(13)18-2/h7-8,10H,3-6,9,11H2,1-2H3,(H3,16,17).